The Morgan fingerprint density at radius 1 is 1.21 bits per heavy atom. The van der Waals surface area contributed by atoms with Gasteiger partial charge < -0.3 is 19.9 Å². The Morgan fingerprint density at radius 3 is 2.71 bits per heavy atom. The van der Waals surface area contributed by atoms with Gasteiger partial charge in [0.2, 0.25) is 0 Å². The Hall–Kier alpha value is -2.11. The molecular weight excluding hydrogens is 304 g/mol. The topological polar surface area (TPSA) is 63.6 Å². The Balaban J connectivity index is 2.01. The Labute approximate surface area is 143 Å². The van der Waals surface area contributed by atoms with Crippen LogP contribution in [-0.2, 0) is 13.2 Å². The molecule has 0 radical (unpaired) electrons. The molecule has 1 aromatic heterocycles. The number of pyridine rings is 1. The first-order valence-corrected chi connectivity index (χ1v) is 8.18. The molecule has 0 saturated heterocycles. The van der Waals surface area contributed by atoms with Crippen molar-refractivity contribution in [1.82, 2.24) is 10.3 Å². The van der Waals surface area contributed by atoms with E-state index < -0.39 is 0 Å². The lowest BCUT2D eigenvalue weighted by molar-refractivity contribution is 0.123. The molecule has 0 saturated carbocycles. The van der Waals surface area contributed by atoms with Crippen molar-refractivity contribution in [3.8, 4) is 11.5 Å². The van der Waals surface area contributed by atoms with E-state index in [4.69, 9.17) is 9.47 Å². The highest BCUT2D eigenvalue weighted by Gasteiger charge is 2.10. The number of nitrogens with zero attached hydrogens (tertiary/aromatic N) is 1. The fraction of sp³-hybridized carbons (Fsp3) is 0.421. The van der Waals surface area contributed by atoms with Gasteiger partial charge in [0.25, 0.3) is 0 Å². The van der Waals surface area contributed by atoms with Gasteiger partial charge >= 0.3 is 0 Å². The largest absolute Gasteiger partial charge is 0.497 e. The lowest BCUT2D eigenvalue weighted by Crippen LogP contribution is -2.30. The summed E-state index contributed by atoms with van der Waals surface area (Å²) in [7, 11) is 1.64. The van der Waals surface area contributed by atoms with Crippen LogP contribution in [0.25, 0.3) is 0 Å². The maximum atomic E-state index is 9.90. The summed E-state index contributed by atoms with van der Waals surface area (Å²) in [4.78, 5) is 4.26. The highest BCUT2D eigenvalue weighted by molar-refractivity contribution is 5.40. The zero-order chi connectivity index (χ0) is 17.4. The summed E-state index contributed by atoms with van der Waals surface area (Å²) in [6.07, 6.45) is 1.39. The Kier molecular flexibility index (Phi) is 7.03. The number of methoxy groups -OCH3 is 1. The standard InChI is InChI=1S/C19H26N2O3/c1-14(2)18(22)12-20-11-15-10-17(23-3)7-8-19(15)24-13-16-6-4-5-9-21-16/h4-10,14,18,20,22H,11-13H2,1-3H3. The van der Waals surface area contributed by atoms with Crippen molar-refractivity contribution in [2.75, 3.05) is 13.7 Å². The number of benzene rings is 1. The van der Waals surface area contributed by atoms with Gasteiger partial charge in [0.1, 0.15) is 18.1 Å². The quantitative estimate of drug-likeness (QED) is 0.740. The first kappa shape index (κ1) is 18.2. The summed E-state index contributed by atoms with van der Waals surface area (Å²) < 4.78 is 11.2. The van der Waals surface area contributed by atoms with Gasteiger partial charge in [-0.25, -0.2) is 0 Å². The number of rotatable bonds is 9. The van der Waals surface area contributed by atoms with E-state index in [1.165, 1.54) is 0 Å². The molecule has 1 heterocycles. The molecule has 2 N–H and O–H groups in total. The van der Waals surface area contributed by atoms with Crippen molar-refractivity contribution in [3.05, 3.63) is 53.9 Å². The predicted molar refractivity (Wildman–Crippen MR) is 94.1 cm³/mol. The number of aliphatic hydroxyl groups is 1. The second-order valence-corrected chi connectivity index (χ2v) is 6.03. The molecule has 24 heavy (non-hydrogen) atoms. The van der Waals surface area contributed by atoms with Crippen LogP contribution in [0.3, 0.4) is 0 Å². The van der Waals surface area contributed by atoms with Crippen LogP contribution in [0, 0.1) is 5.92 Å². The van der Waals surface area contributed by atoms with Crippen LogP contribution in [0.5, 0.6) is 11.5 Å². The minimum absolute atomic E-state index is 0.225. The van der Waals surface area contributed by atoms with Gasteiger partial charge in [0.15, 0.2) is 0 Å². The monoisotopic (exact) mass is 330 g/mol. The van der Waals surface area contributed by atoms with E-state index in [1.54, 1.807) is 13.3 Å². The number of hydrogen-bond acceptors (Lipinski definition) is 5. The minimum atomic E-state index is -0.367. The van der Waals surface area contributed by atoms with Crippen LogP contribution in [-0.4, -0.2) is 29.8 Å². The van der Waals surface area contributed by atoms with E-state index in [-0.39, 0.29) is 12.0 Å². The molecule has 1 aromatic carbocycles. The van der Waals surface area contributed by atoms with Crippen molar-refractivity contribution in [1.29, 1.82) is 0 Å². The summed E-state index contributed by atoms with van der Waals surface area (Å²) in [5, 5.41) is 13.2. The molecule has 0 bridgehead atoms. The van der Waals surface area contributed by atoms with Gasteiger partial charge in [-0.05, 0) is 36.2 Å². The highest BCUT2D eigenvalue weighted by Crippen LogP contribution is 2.25. The van der Waals surface area contributed by atoms with Crippen molar-refractivity contribution < 1.29 is 14.6 Å². The number of ether oxygens (including phenoxy) is 2. The van der Waals surface area contributed by atoms with E-state index in [9.17, 15) is 5.11 Å². The average molecular weight is 330 g/mol. The van der Waals surface area contributed by atoms with Crippen LogP contribution in [0.1, 0.15) is 25.1 Å². The number of aromatic nitrogens is 1. The minimum Gasteiger partial charge on any atom is -0.497 e. The summed E-state index contributed by atoms with van der Waals surface area (Å²) in [5.41, 5.74) is 1.86. The predicted octanol–water partition coefficient (Wildman–Crippen LogP) is 2.78. The molecule has 0 aliphatic heterocycles. The molecule has 2 rings (SSSR count). The molecule has 0 spiro atoms. The molecule has 0 aliphatic rings. The van der Waals surface area contributed by atoms with Crippen molar-refractivity contribution in [3.63, 3.8) is 0 Å². The maximum Gasteiger partial charge on any atom is 0.130 e. The molecule has 130 valence electrons. The zero-order valence-electron chi connectivity index (χ0n) is 14.5. The third-order valence-corrected chi connectivity index (χ3v) is 3.81. The normalized spacial score (nSPS) is 12.2. The van der Waals surface area contributed by atoms with Gasteiger partial charge in [0.05, 0.1) is 18.9 Å². The van der Waals surface area contributed by atoms with E-state index in [2.05, 4.69) is 10.3 Å². The molecular formula is C19H26N2O3. The van der Waals surface area contributed by atoms with E-state index >= 15 is 0 Å². The molecule has 0 amide bonds. The fourth-order valence-electron chi connectivity index (χ4n) is 2.19. The van der Waals surface area contributed by atoms with Gasteiger partial charge in [0, 0.05) is 24.8 Å². The smallest absolute Gasteiger partial charge is 0.130 e. The van der Waals surface area contributed by atoms with Gasteiger partial charge in [-0.3, -0.25) is 4.98 Å². The first-order chi connectivity index (χ1) is 11.6. The van der Waals surface area contributed by atoms with Gasteiger partial charge in [-0.1, -0.05) is 19.9 Å². The molecule has 0 aliphatic carbocycles. The van der Waals surface area contributed by atoms with Crippen LogP contribution >= 0.6 is 0 Å². The Bertz CT molecular complexity index is 617. The SMILES string of the molecule is COc1ccc(OCc2ccccn2)c(CNCC(O)C(C)C)c1. The molecule has 1 atom stereocenters. The lowest BCUT2D eigenvalue weighted by atomic mass is 10.1. The lowest BCUT2D eigenvalue weighted by Gasteiger charge is -2.17. The second-order valence-electron chi connectivity index (χ2n) is 6.03. The molecule has 5 heteroatoms. The third kappa shape index (κ3) is 5.51. The van der Waals surface area contributed by atoms with Crippen molar-refractivity contribution in [2.45, 2.75) is 33.1 Å². The van der Waals surface area contributed by atoms with Gasteiger partial charge in [-0.2, -0.15) is 0 Å². The van der Waals surface area contributed by atoms with E-state index in [1.807, 2.05) is 50.2 Å². The zero-order valence-corrected chi connectivity index (χ0v) is 14.5. The van der Waals surface area contributed by atoms with Crippen LogP contribution in [0.2, 0.25) is 0 Å². The van der Waals surface area contributed by atoms with Crippen LogP contribution in [0.15, 0.2) is 42.6 Å². The second kappa shape index (κ2) is 9.25. The molecule has 1 unspecified atom stereocenters. The average Bonchev–Trinajstić information content (AvgIpc) is 2.61. The molecule has 5 nitrogen and oxygen atoms in total. The highest BCUT2D eigenvalue weighted by atomic mass is 16.5. The summed E-state index contributed by atoms with van der Waals surface area (Å²) in [6, 6.07) is 11.5. The number of nitrogens with one attached hydrogen (secondary N) is 1. The summed E-state index contributed by atoms with van der Waals surface area (Å²) >= 11 is 0. The summed E-state index contributed by atoms with van der Waals surface area (Å²) in [5.74, 6) is 1.79. The third-order valence-electron chi connectivity index (χ3n) is 3.81. The first-order valence-electron chi connectivity index (χ1n) is 8.18. The fourth-order valence-corrected chi connectivity index (χ4v) is 2.19. The van der Waals surface area contributed by atoms with Crippen molar-refractivity contribution >= 4 is 0 Å². The van der Waals surface area contributed by atoms with E-state index in [0.29, 0.717) is 19.7 Å². The van der Waals surface area contributed by atoms with E-state index in [0.717, 1.165) is 22.8 Å². The van der Waals surface area contributed by atoms with Crippen LogP contribution in [0.4, 0.5) is 0 Å². The molecule has 2 aromatic rings. The Morgan fingerprint density at radius 2 is 2.04 bits per heavy atom. The number of hydrogen-bond donors (Lipinski definition) is 2. The van der Waals surface area contributed by atoms with Gasteiger partial charge in [-0.15, -0.1) is 0 Å². The maximum absolute atomic E-state index is 9.90. The number of aliphatic hydroxyl groups excluding tert-OH is 1. The van der Waals surface area contributed by atoms with Crippen molar-refractivity contribution in [2.24, 2.45) is 5.92 Å². The molecule has 0 fully saturated rings. The van der Waals surface area contributed by atoms with Crippen LogP contribution < -0.4 is 14.8 Å². The summed E-state index contributed by atoms with van der Waals surface area (Å²) in [6.45, 7) is 5.54.